The van der Waals surface area contributed by atoms with Crippen molar-refractivity contribution in [3.63, 3.8) is 0 Å². The molecular formula is C20H30N4O3. The normalized spacial score (nSPS) is 17.3. The number of piperidine rings is 1. The van der Waals surface area contributed by atoms with Crippen LogP contribution in [0.3, 0.4) is 0 Å². The predicted molar refractivity (Wildman–Crippen MR) is 105 cm³/mol. The highest BCUT2D eigenvalue weighted by Crippen LogP contribution is 2.32. The fourth-order valence-corrected chi connectivity index (χ4v) is 3.65. The molecule has 7 heteroatoms. The van der Waals surface area contributed by atoms with Gasteiger partial charge < -0.3 is 19.5 Å². The minimum Gasteiger partial charge on any atom is -0.493 e. The third-order valence-electron chi connectivity index (χ3n) is 5.49. The first kappa shape index (κ1) is 19.7. The number of benzene rings is 1. The van der Waals surface area contributed by atoms with Crippen LogP contribution >= 0.6 is 0 Å². The molecule has 1 aromatic carbocycles. The van der Waals surface area contributed by atoms with Crippen molar-refractivity contribution in [1.29, 1.82) is 0 Å². The van der Waals surface area contributed by atoms with E-state index in [1.165, 1.54) is 0 Å². The average Bonchev–Trinajstić information content (AvgIpc) is 3.22. The number of aliphatic hydroxyl groups excluding tert-OH is 1. The molecule has 0 radical (unpaired) electrons. The van der Waals surface area contributed by atoms with Crippen LogP contribution in [0.4, 0.5) is 0 Å². The highest BCUT2D eigenvalue weighted by atomic mass is 16.5. The molecule has 0 saturated carbocycles. The van der Waals surface area contributed by atoms with Crippen LogP contribution in [0.1, 0.15) is 26.1 Å². The molecule has 2 heterocycles. The maximum atomic E-state index is 10.8. The molecule has 1 aromatic heterocycles. The summed E-state index contributed by atoms with van der Waals surface area (Å²) in [5, 5.41) is 10.8. The second kappa shape index (κ2) is 8.73. The lowest BCUT2D eigenvalue weighted by Gasteiger charge is -2.38. The molecule has 1 fully saturated rings. The van der Waals surface area contributed by atoms with Gasteiger partial charge in [-0.1, -0.05) is 6.92 Å². The van der Waals surface area contributed by atoms with Crippen molar-refractivity contribution in [3.8, 4) is 22.8 Å². The molecule has 1 N–H and O–H groups in total. The number of aliphatic hydroxyl groups is 1. The Morgan fingerprint density at radius 3 is 2.56 bits per heavy atom. The molecule has 148 valence electrons. The fraction of sp³-hybridized carbons (Fsp3) is 0.550. The Hall–Kier alpha value is -2.09. The lowest BCUT2D eigenvalue weighted by molar-refractivity contribution is -0.0738. The summed E-state index contributed by atoms with van der Waals surface area (Å²) in [6.07, 6.45) is 4.94. The monoisotopic (exact) mass is 374 g/mol. The van der Waals surface area contributed by atoms with Gasteiger partial charge in [0.05, 0.1) is 26.2 Å². The van der Waals surface area contributed by atoms with Crippen molar-refractivity contribution in [1.82, 2.24) is 19.4 Å². The topological polar surface area (TPSA) is 63.0 Å². The van der Waals surface area contributed by atoms with E-state index < -0.39 is 6.35 Å². The third-order valence-corrected chi connectivity index (χ3v) is 5.49. The molecule has 0 spiro atoms. The van der Waals surface area contributed by atoms with Crippen molar-refractivity contribution >= 4 is 0 Å². The molecule has 1 saturated heterocycles. The molecule has 1 aliphatic heterocycles. The number of ether oxygens (including phenoxy) is 2. The first-order chi connectivity index (χ1) is 13.1. The number of rotatable bonds is 7. The smallest absolute Gasteiger partial charge is 0.191 e. The van der Waals surface area contributed by atoms with Gasteiger partial charge in [0, 0.05) is 17.8 Å². The van der Waals surface area contributed by atoms with Crippen LogP contribution in [0.15, 0.2) is 30.7 Å². The minimum absolute atomic E-state index is 0.370. The number of hydrogen-bond donors (Lipinski definition) is 1. The average molecular weight is 374 g/mol. The highest BCUT2D eigenvalue weighted by molar-refractivity contribution is 5.63. The number of hydrogen-bond acceptors (Lipinski definition) is 6. The lowest BCUT2D eigenvalue weighted by Crippen LogP contribution is -2.45. The van der Waals surface area contributed by atoms with Crippen molar-refractivity contribution in [2.24, 2.45) is 0 Å². The van der Waals surface area contributed by atoms with Gasteiger partial charge in [0.25, 0.3) is 0 Å². The minimum atomic E-state index is -0.732. The first-order valence-corrected chi connectivity index (χ1v) is 9.45. The molecule has 1 atom stereocenters. The van der Waals surface area contributed by atoms with E-state index >= 15 is 0 Å². The Morgan fingerprint density at radius 2 is 1.93 bits per heavy atom. The number of methoxy groups -OCH3 is 2. The van der Waals surface area contributed by atoms with Crippen LogP contribution in [-0.4, -0.2) is 71.4 Å². The molecule has 3 rings (SSSR count). The van der Waals surface area contributed by atoms with E-state index in [9.17, 15) is 5.11 Å². The number of likely N-dealkylation sites (tertiary alicyclic amines) is 1. The molecule has 0 aliphatic carbocycles. The van der Waals surface area contributed by atoms with Gasteiger partial charge in [-0.05, 0) is 57.7 Å². The fourth-order valence-electron chi connectivity index (χ4n) is 3.65. The zero-order valence-electron chi connectivity index (χ0n) is 16.6. The van der Waals surface area contributed by atoms with Crippen LogP contribution in [0, 0.1) is 0 Å². The molecular weight excluding hydrogens is 344 g/mol. The van der Waals surface area contributed by atoms with E-state index in [-0.39, 0.29) is 0 Å². The van der Waals surface area contributed by atoms with E-state index in [2.05, 4.69) is 16.8 Å². The summed E-state index contributed by atoms with van der Waals surface area (Å²) in [4.78, 5) is 8.95. The quantitative estimate of drug-likeness (QED) is 0.751. The summed E-state index contributed by atoms with van der Waals surface area (Å²) in [6.45, 7) is 5.45. The largest absolute Gasteiger partial charge is 0.493 e. The van der Waals surface area contributed by atoms with Crippen LogP contribution in [0.2, 0.25) is 0 Å². The van der Waals surface area contributed by atoms with Gasteiger partial charge in [0.1, 0.15) is 0 Å². The van der Waals surface area contributed by atoms with Gasteiger partial charge in [0.15, 0.2) is 17.9 Å². The van der Waals surface area contributed by atoms with E-state index in [1.807, 2.05) is 36.3 Å². The Bertz CT molecular complexity index is 741. The molecule has 2 aromatic rings. The maximum absolute atomic E-state index is 10.8. The molecule has 7 nitrogen and oxygen atoms in total. The number of aromatic nitrogens is 2. The van der Waals surface area contributed by atoms with Gasteiger partial charge in [-0.15, -0.1) is 0 Å². The summed E-state index contributed by atoms with van der Waals surface area (Å²) in [5.74, 6) is 1.34. The van der Waals surface area contributed by atoms with Crippen LogP contribution in [0.25, 0.3) is 11.3 Å². The SMILES string of the molecule is CCN1CCC(N(C)C(O)n2cnc(-c3ccc(OC)c(OC)c3)c2)CC1. The van der Waals surface area contributed by atoms with E-state index in [0.717, 1.165) is 43.7 Å². The lowest BCUT2D eigenvalue weighted by atomic mass is 10.0. The van der Waals surface area contributed by atoms with Gasteiger partial charge in [0.2, 0.25) is 0 Å². The van der Waals surface area contributed by atoms with Crippen LogP contribution in [-0.2, 0) is 0 Å². The molecule has 0 bridgehead atoms. The predicted octanol–water partition coefficient (Wildman–Crippen LogP) is 2.43. The highest BCUT2D eigenvalue weighted by Gasteiger charge is 2.26. The van der Waals surface area contributed by atoms with Gasteiger partial charge >= 0.3 is 0 Å². The van der Waals surface area contributed by atoms with Gasteiger partial charge in [-0.2, -0.15) is 0 Å². The summed E-state index contributed by atoms with van der Waals surface area (Å²) < 4.78 is 12.4. The Balaban J connectivity index is 1.71. The second-order valence-corrected chi connectivity index (χ2v) is 6.95. The Labute approximate surface area is 161 Å². The maximum Gasteiger partial charge on any atom is 0.191 e. The van der Waals surface area contributed by atoms with Gasteiger partial charge in [-0.3, -0.25) is 9.47 Å². The summed E-state index contributed by atoms with van der Waals surface area (Å²) >= 11 is 0. The van der Waals surface area contributed by atoms with Crippen molar-refractivity contribution in [3.05, 3.63) is 30.7 Å². The van der Waals surface area contributed by atoms with Crippen LogP contribution in [0.5, 0.6) is 11.5 Å². The Morgan fingerprint density at radius 1 is 1.22 bits per heavy atom. The van der Waals surface area contributed by atoms with E-state index in [0.29, 0.717) is 17.5 Å². The second-order valence-electron chi connectivity index (χ2n) is 6.95. The van der Waals surface area contributed by atoms with E-state index in [1.54, 1.807) is 25.1 Å². The van der Waals surface area contributed by atoms with Gasteiger partial charge in [-0.25, -0.2) is 4.98 Å². The van der Waals surface area contributed by atoms with E-state index in [4.69, 9.17) is 9.47 Å². The zero-order chi connectivity index (χ0) is 19.4. The van der Waals surface area contributed by atoms with Crippen molar-refractivity contribution < 1.29 is 14.6 Å². The van der Waals surface area contributed by atoms with Crippen molar-refractivity contribution in [2.75, 3.05) is 40.9 Å². The first-order valence-electron chi connectivity index (χ1n) is 9.45. The number of imidazole rings is 1. The zero-order valence-corrected chi connectivity index (χ0v) is 16.6. The Kier molecular flexibility index (Phi) is 6.36. The summed E-state index contributed by atoms with van der Waals surface area (Å²) in [5.41, 5.74) is 1.70. The number of nitrogens with zero attached hydrogens (tertiary/aromatic N) is 4. The standard InChI is InChI=1S/C20H30N4O3/c1-5-23-10-8-16(9-11-23)22(2)20(25)24-13-17(21-14-24)15-6-7-18(26-3)19(12-15)27-4/h6-7,12-14,16,20,25H,5,8-11H2,1-4H3. The molecule has 1 unspecified atom stereocenters. The molecule has 27 heavy (non-hydrogen) atoms. The van der Waals surface area contributed by atoms with Crippen molar-refractivity contribution in [2.45, 2.75) is 32.2 Å². The summed E-state index contributed by atoms with van der Waals surface area (Å²) in [6, 6.07) is 6.05. The molecule has 0 amide bonds. The third kappa shape index (κ3) is 4.26. The summed E-state index contributed by atoms with van der Waals surface area (Å²) in [7, 11) is 5.21. The molecule has 1 aliphatic rings. The van der Waals surface area contributed by atoms with Crippen LogP contribution < -0.4 is 9.47 Å².